The zero-order valence-corrected chi connectivity index (χ0v) is 44.2. The van der Waals surface area contributed by atoms with Crippen molar-refractivity contribution in [1.82, 2.24) is 29.1 Å². The Labute approximate surface area is 458 Å². The van der Waals surface area contributed by atoms with E-state index in [0.717, 1.165) is 50.6 Å². The van der Waals surface area contributed by atoms with Crippen molar-refractivity contribution >= 4 is 22.9 Å². The Morgan fingerprint density at radius 2 is 1.09 bits per heavy atom. The molecule has 3 atom stereocenters. The number of carbonyl (C=O) groups is 1. The highest BCUT2D eigenvalue weighted by Crippen LogP contribution is 2.45. The quantitative estimate of drug-likeness (QED) is 0.0695. The molecule has 15 heteroatoms. The Morgan fingerprint density at radius 3 is 1.62 bits per heavy atom. The number of benzene rings is 7. The molecule has 79 heavy (non-hydrogen) atoms. The van der Waals surface area contributed by atoms with Gasteiger partial charge >= 0.3 is 0 Å². The number of anilines is 1. The molecule has 1 amide bonds. The highest BCUT2D eigenvalue weighted by molar-refractivity contribution is 6.06. The van der Waals surface area contributed by atoms with Gasteiger partial charge in [0.15, 0.2) is 17.0 Å². The Hall–Kier alpha value is -9.15. The molecule has 0 spiro atoms. The number of nitrogens with zero attached hydrogens (tertiary/aromatic N) is 6. The molecule has 2 N–H and O–H groups in total. The van der Waals surface area contributed by atoms with Crippen molar-refractivity contribution in [2.45, 2.75) is 48.8 Å². The first-order valence-corrected chi connectivity index (χ1v) is 26.0. The minimum absolute atomic E-state index is 0.0110. The Bertz CT molecular complexity index is 3540. The number of amides is 1. The monoisotopic (exact) mass is 1050 g/mol. The normalized spacial score (nSPS) is 15.4. The fourth-order valence-electron chi connectivity index (χ4n) is 10.8. The van der Waals surface area contributed by atoms with E-state index in [2.05, 4.69) is 57.5 Å². The molecule has 10 aromatic rings. The van der Waals surface area contributed by atoms with Gasteiger partial charge in [-0.05, 0) is 100 Å². The van der Waals surface area contributed by atoms with Gasteiger partial charge < -0.3 is 43.4 Å². The number of nitrogens with one attached hydrogen (secondary N) is 1. The average Bonchev–Trinajstić information content (AvgIpc) is 4.33. The van der Waals surface area contributed by atoms with Gasteiger partial charge in [-0.15, -0.1) is 0 Å². The van der Waals surface area contributed by atoms with Crippen LogP contribution in [-0.2, 0) is 33.5 Å². The summed E-state index contributed by atoms with van der Waals surface area (Å²) in [4.78, 5) is 33.2. The third-order valence-corrected chi connectivity index (χ3v) is 14.8. The van der Waals surface area contributed by atoms with Crippen LogP contribution in [-0.4, -0.2) is 87.3 Å². The molecule has 0 aliphatic carbocycles. The van der Waals surface area contributed by atoms with Crippen LogP contribution in [0.1, 0.15) is 67.9 Å². The van der Waals surface area contributed by atoms with Crippen LogP contribution in [0.15, 0.2) is 207 Å². The van der Waals surface area contributed by atoms with Crippen molar-refractivity contribution in [3.8, 4) is 23.0 Å². The van der Waals surface area contributed by atoms with E-state index in [-0.39, 0.29) is 24.8 Å². The molecule has 1 fully saturated rings. The summed E-state index contributed by atoms with van der Waals surface area (Å²) in [6.45, 7) is -0.0110. The van der Waals surface area contributed by atoms with Crippen LogP contribution in [0.25, 0.3) is 11.2 Å². The molecule has 0 unspecified atom stereocenters. The molecule has 0 saturated carbocycles. The van der Waals surface area contributed by atoms with Gasteiger partial charge in [0.2, 0.25) is 0 Å². The van der Waals surface area contributed by atoms with Crippen molar-refractivity contribution in [2.75, 3.05) is 40.4 Å². The van der Waals surface area contributed by atoms with Crippen LogP contribution in [0.2, 0.25) is 0 Å². The molecule has 7 aromatic carbocycles. The van der Waals surface area contributed by atoms with E-state index < -0.39 is 29.6 Å². The zero-order chi connectivity index (χ0) is 54.3. The second-order valence-corrected chi connectivity index (χ2v) is 19.2. The molecule has 1 saturated heterocycles. The van der Waals surface area contributed by atoms with E-state index in [0.29, 0.717) is 46.9 Å². The van der Waals surface area contributed by atoms with Crippen LogP contribution in [0.4, 0.5) is 5.82 Å². The van der Waals surface area contributed by atoms with Crippen LogP contribution in [0, 0.1) is 0 Å². The summed E-state index contributed by atoms with van der Waals surface area (Å²) >= 11 is 0. The molecule has 15 nitrogen and oxygen atoms in total. The summed E-state index contributed by atoms with van der Waals surface area (Å²) < 4.78 is 40.6. The van der Waals surface area contributed by atoms with Crippen molar-refractivity contribution in [3.63, 3.8) is 0 Å². The van der Waals surface area contributed by atoms with E-state index >= 15 is 0 Å². The number of aryl methyl sites for hydroxylation is 2. The lowest BCUT2D eigenvalue weighted by molar-refractivity contribution is -0.0934. The van der Waals surface area contributed by atoms with Crippen LogP contribution in [0.3, 0.4) is 0 Å². The molecular weight excluding hydrogens is 995 g/mol. The fourth-order valence-corrected chi connectivity index (χ4v) is 10.8. The minimum Gasteiger partial charge on any atom is -0.497 e. The van der Waals surface area contributed by atoms with Crippen LogP contribution < -0.4 is 24.3 Å². The molecule has 0 radical (unpaired) electrons. The number of aliphatic hydroxyl groups excluding tert-OH is 1. The molecule has 398 valence electrons. The van der Waals surface area contributed by atoms with Crippen LogP contribution >= 0.6 is 0 Å². The lowest BCUT2D eigenvalue weighted by Crippen LogP contribution is -2.38. The van der Waals surface area contributed by atoms with E-state index in [1.807, 2.05) is 138 Å². The minimum atomic E-state index is -1.16. The standard InChI is InChI=1S/C64H59N7O8/c1-74-51-29-20-45(21-30-51)63(44-16-10-6-11-17-44,46-22-31-52(75-2)32-23-46)70-39-50(67-42-70)28-37-57-68-59-60(69-62(73)43-14-8-5-9-15-43)65-41-66-61(59)71(57)58-38-55(72)56(79-58)40-78-64(47-18-12-7-13-19-47,48-24-33-53(76-3)34-25-48)49-26-35-54(77-4)36-27-49/h5-27,29-36,39,41-42,55-56,58,72H,28,37-38,40H2,1-4H3,(H,65,66,69,73)/t55-,56+,58+/m0/s1. The molecule has 1 aliphatic heterocycles. The summed E-state index contributed by atoms with van der Waals surface area (Å²) in [6, 6.07) is 61.1. The summed E-state index contributed by atoms with van der Waals surface area (Å²) in [5.41, 5.74) is 5.57. The highest BCUT2D eigenvalue weighted by Gasteiger charge is 2.43. The van der Waals surface area contributed by atoms with E-state index in [1.54, 1.807) is 52.7 Å². The maximum absolute atomic E-state index is 13.7. The maximum Gasteiger partial charge on any atom is 0.256 e. The number of methoxy groups -OCH3 is 4. The van der Waals surface area contributed by atoms with Gasteiger partial charge in [0.25, 0.3) is 5.91 Å². The van der Waals surface area contributed by atoms with E-state index in [1.165, 1.54) is 6.33 Å². The lowest BCUT2D eigenvalue weighted by atomic mass is 9.76. The summed E-state index contributed by atoms with van der Waals surface area (Å²) in [5.74, 6) is 3.35. The van der Waals surface area contributed by atoms with Gasteiger partial charge in [0.05, 0.1) is 53.2 Å². The summed E-state index contributed by atoms with van der Waals surface area (Å²) in [6.07, 6.45) is 3.83. The van der Waals surface area contributed by atoms with Crippen LogP contribution in [0.5, 0.6) is 23.0 Å². The van der Waals surface area contributed by atoms with Gasteiger partial charge in [-0.3, -0.25) is 9.36 Å². The third kappa shape index (κ3) is 10.1. The van der Waals surface area contributed by atoms with E-state index in [9.17, 15) is 9.90 Å². The number of hydrogen-bond acceptors (Lipinski definition) is 12. The van der Waals surface area contributed by atoms with Gasteiger partial charge in [-0.25, -0.2) is 19.9 Å². The Balaban J connectivity index is 0.959. The first kappa shape index (κ1) is 51.9. The summed E-state index contributed by atoms with van der Waals surface area (Å²) in [5, 5.41) is 15.1. The topological polar surface area (TPSA) is 166 Å². The highest BCUT2D eigenvalue weighted by atomic mass is 16.6. The van der Waals surface area contributed by atoms with Crippen molar-refractivity contribution < 1.29 is 38.3 Å². The largest absolute Gasteiger partial charge is 0.497 e. The molecule has 4 heterocycles. The van der Waals surface area contributed by atoms with Gasteiger partial charge in [-0.2, -0.15) is 0 Å². The SMILES string of the molecule is COc1ccc(C(OC[C@H]2O[C@@H](n3c(CCc4cn(C(c5ccccc5)(c5ccc(OC)cc5)c5ccc(OC)cc5)cn4)nc4c(NC(=O)c5ccccc5)ncnc43)C[C@@H]2O)(c2ccccc2)c2ccc(OC)cc2)cc1. The molecule has 11 rings (SSSR count). The maximum atomic E-state index is 13.7. The Kier molecular flexibility index (Phi) is 15.0. The number of carbonyl (C=O) groups excluding carboxylic acids is 1. The second kappa shape index (κ2) is 22.8. The predicted molar refractivity (Wildman–Crippen MR) is 300 cm³/mol. The van der Waals surface area contributed by atoms with Crippen molar-refractivity contribution in [3.05, 3.63) is 257 Å². The first-order valence-electron chi connectivity index (χ1n) is 26.0. The van der Waals surface area contributed by atoms with Gasteiger partial charge in [0, 0.05) is 24.6 Å². The number of aliphatic hydroxyl groups is 1. The average molecular weight is 1050 g/mol. The number of fused-ring (bicyclic) bond motifs is 1. The Morgan fingerprint density at radius 1 is 0.608 bits per heavy atom. The molecule has 3 aromatic heterocycles. The van der Waals surface area contributed by atoms with E-state index in [4.69, 9.17) is 43.4 Å². The molecule has 1 aliphatic rings. The number of aromatic nitrogens is 6. The third-order valence-electron chi connectivity index (χ3n) is 14.8. The predicted octanol–water partition coefficient (Wildman–Crippen LogP) is 10.6. The zero-order valence-electron chi connectivity index (χ0n) is 44.2. The molecular formula is C64H59N7O8. The van der Waals surface area contributed by atoms with Crippen molar-refractivity contribution in [1.29, 1.82) is 0 Å². The van der Waals surface area contributed by atoms with Gasteiger partial charge in [-0.1, -0.05) is 127 Å². The number of ether oxygens (including phenoxy) is 6. The molecule has 0 bridgehead atoms. The second-order valence-electron chi connectivity index (χ2n) is 19.2. The van der Waals surface area contributed by atoms with Crippen molar-refractivity contribution in [2.24, 2.45) is 0 Å². The first-order chi connectivity index (χ1) is 38.7. The lowest BCUT2D eigenvalue weighted by Gasteiger charge is -2.37. The fraction of sp³-hybridized carbons (Fsp3) is 0.203. The number of hydrogen-bond donors (Lipinski definition) is 2. The number of rotatable bonds is 20. The number of imidazole rings is 2. The smallest absolute Gasteiger partial charge is 0.256 e. The van der Waals surface area contributed by atoms with Gasteiger partial charge in [0.1, 0.15) is 58.6 Å². The summed E-state index contributed by atoms with van der Waals surface area (Å²) in [7, 11) is 6.59.